The van der Waals surface area contributed by atoms with Gasteiger partial charge < -0.3 is 14.9 Å². The van der Waals surface area contributed by atoms with Crippen molar-refractivity contribution in [2.24, 2.45) is 0 Å². The Balaban J connectivity index is 0.000000361. The molecule has 1 aliphatic rings. The second-order valence-corrected chi connectivity index (χ2v) is 4.77. The SMILES string of the molecule is C=C(CCC1CO1)C(=O)O.C=C(CCCCC)C(=O)O. The summed E-state index contributed by atoms with van der Waals surface area (Å²) in [5.41, 5.74) is 0.601. The van der Waals surface area contributed by atoms with Gasteiger partial charge in [-0.25, -0.2) is 9.59 Å². The molecule has 0 spiro atoms. The van der Waals surface area contributed by atoms with Crippen LogP contribution in [0, 0.1) is 0 Å². The topological polar surface area (TPSA) is 87.1 Å². The molecular formula is C15H24O5. The highest BCUT2D eigenvalue weighted by atomic mass is 16.6. The average Bonchev–Trinajstić information content (AvgIpc) is 3.20. The van der Waals surface area contributed by atoms with Crippen molar-refractivity contribution >= 4 is 11.9 Å². The van der Waals surface area contributed by atoms with Crippen molar-refractivity contribution in [3.8, 4) is 0 Å². The maximum absolute atomic E-state index is 10.2. The van der Waals surface area contributed by atoms with Crippen LogP contribution in [0.5, 0.6) is 0 Å². The quantitative estimate of drug-likeness (QED) is 0.386. The van der Waals surface area contributed by atoms with Crippen molar-refractivity contribution in [1.29, 1.82) is 0 Å². The zero-order valence-electron chi connectivity index (χ0n) is 12.1. The molecule has 0 aromatic rings. The summed E-state index contributed by atoms with van der Waals surface area (Å²) < 4.78 is 4.90. The van der Waals surface area contributed by atoms with E-state index in [0.29, 0.717) is 24.5 Å². The maximum atomic E-state index is 10.2. The van der Waals surface area contributed by atoms with Crippen LogP contribution >= 0.6 is 0 Å². The van der Waals surface area contributed by atoms with E-state index in [0.717, 1.165) is 32.3 Å². The smallest absolute Gasteiger partial charge is 0.330 e. The van der Waals surface area contributed by atoms with Crippen LogP contribution in [0.3, 0.4) is 0 Å². The van der Waals surface area contributed by atoms with Crippen LogP contribution in [0.1, 0.15) is 45.4 Å². The van der Waals surface area contributed by atoms with E-state index >= 15 is 0 Å². The first-order valence-corrected chi connectivity index (χ1v) is 6.82. The van der Waals surface area contributed by atoms with E-state index in [4.69, 9.17) is 14.9 Å². The lowest BCUT2D eigenvalue weighted by Gasteiger charge is -1.97. The third-order valence-electron chi connectivity index (χ3n) is 2.86. The van der Waals surface area contributed by atoms with Gasteiger partial charge in [-0.1, -0.05) is 32.9 Å². The van der Waals surface area contributed by atoms with E-state index in [1.165, 1.54) is 0 Å². The van der Waals surface area contributed by atoms with Crippen LogP contribution < -0.4 is 0 Å². The van der Waals surface area contributed by atoms with Gasteiger partial charge in [-0.05, 0) is 25.7 Å². The van der Waals surface area contributed by atoms with Crippen molar-refractivity contribution in [2.45, 2.75) is 51.6 Å². The first kappa shape index (κ1) is 18.4. The highest BCUT2D eigenvalue weighted by Gasteiger charge is 2.22. The maximum Gasteiger partial charge on any atom is 0.330 e. The summed E-state index contributed by atoms with van der Waals surface area (Å²) in [4.78, 5) is 20.4. The zero-order chi connectivity index (χ0) is 15.5. The van der Waals surface area contributed by atoms with Gasteiger partial charge in [0, 0.05) is 11.1 Å². The predicted octanol–water partition coefficient (Wildman–Crippen LogP) is 3.01. The van der Waals surface area contributed by atoms with Crippen LogP contribution in [-0.4, -0.2) is 34.9 Å². The number of carbonyl (C=O) groups is 2. The molecule has 1 rings (SSSR count). The number of ether oxygens (including phenoxy) is 1. The second-order valence-electron chi connectivity index (χ2n) is 4.77. The predicted molar refractivity (Wildman–Crippen MR) is 76.7 cm³/mol. The Kier molecular flexibility index (Phi) is 9.38. The Morgan fingerprint density at radius 1 is 1.10 bits per heavy atom. The standard InChI is InChI=1S/C8H14O2.C7H10O3/c1-3-4-5-6-7(2)8(9)10;1-5(7(8)9)2-3-6-4-10-6/h2-6H2,1H3,(H,9,10);6H,1-4H2,(H,8,9). The molecule has 0 saturated carbocycles. The summed E-state index contributed by atoms with van der Waals surface area (Å²) in [5, 5.41) is 16.8. The van der Waals surface area contributed by atoms with Gasteiger partial charge >= 0.3 is 11.9 Å². The molecule has 0 aromatic carbocycles. The number of hydrogen-bond acceptors (Lipinski definition) is 3. The Morgan fingerprint density at radius 3 is 2.00 bits per heavy atom. The van der Waals surface area contributed by atoms with Crippen molar-refractivity contribution in [2.75, 3.05) is 6.61 Å². The molecule has 0 aromatic heterocycles. The Bertz CT molecular complexity index is 355. The fraction of sp³-hybridized carbons (Fsp3) is 0.600. The molecule has 0 aliphatic carbocycles. The average molecular weight is 284 g/mol. The summed E-state index contributed by atoms with van der Waals surface area (Å²) in [6.45, 7) is 9.70. The Labute approximate surface area is 119 Å². The van der Waals surface area contributed by atoms with Crippen molar-refractivity contribution < 1.29 is 24.5 Å². The molecule has 1 heterocycles. The van der Waals surface area contributed by atoms with Crippen LogP contribution in [0.15, 0.2) is 24.3 Å². The van der Waals surface area contributed by atoms with Crippen LogP contribution in [0.25, 0.3) is 0 Å². The van der Waals surface area contributed by atoms with Gasteiger partial charge in [0.1, 0.15) is 0 Å². The largest absolute Gasteiger partial charge is 0.478 e. The van der Waals surface area contributed by atoms with Gasteiger partial charge in [0.25, 0.3) is 0 Å². The fourth-order valence-electron chi connectivity index (χ4n) is 1.37. The fourth-order valence-corrected chi connectivity index (χ4v) is 1.37. The lowest BCUT2D eigenvalue weighted by atomic mass is 10.1. The summed E-state index contributed by atoms with van der Waals surface area (Å²) in [6, 6.07) is 0. The van der Waals surface area contributed by atoms with Crippen LogP contribution in [-0.2, 0) is 14.3 Å². The van der Waals surface area contributed by atoms with Gasteiger partial charge in [0.15, 0.2) is 0 Å². The van der Waals surface area contributed by atoms with Gasteiger partial charge in [-0.2, -0.15) is 0 Å². The molecule has 0 bridgehead atoms. The number of epoxide rings is 1. The first-order chi connectivity index (χ1) is 9.38. The zero-order valence-corrected chi connectivity index (χ0v) is 12.1. The molecule has 1 atom stereocenters. The molecule has 0 radical (unpaired) electrons. The Hall–Kier alpha value is -1.62. The normalized spacial score (nSPS) is 15.8. The molecule has 1 fully saturated rings. The molecule has 1 saturated heterocycles. The van der Waals surface area contributed by atoms with Gasteiger partial charge in [-0.15, -0.1) is 0 Å². The van der Waals surface area contributed by atoms with Crippen molar-refractivity contribution in [1.82, 2.24) is 0 Å². The number of carboxylic acid groups (broad SMARTS) is 2. The van der Waals surface area contributed by atoms with E-state index in [1.807, 2.05) is 0 Å². The number of carboxylic acids is 2. The third-order valence-corrected chi connectivity index (χ3v) is 2.86. The summed E-state index contributed by atoms with van der Waals surface area (Å²) in [7, 11) is 0. The lowest BCUT2D eigenvalue weighted by molar-refractivity contribution is -0.133. The van der Waals surface area contributed by atoms with Gasteiger partial charge in [-0.3, -0.25) is 0 Å². The number of aliphatic carboxylic acids is 2. The number of hydrogen-bond donors (Lipinski definition) is 2. The molecule has 0 amide bonds. The van der Waals surface area contributed by atoms with Crippen LogP contribution in [0.4, 0.5) is 0 Å². The molecule has 1 aliphatic heterocycles. The summed E-state index contributed by atoms with van der Waals surface area (Å²) in [5.74, 6) is -1.77. The van der Waals surface area contributed by atoms with Crippen LogP contribution in [0.2, 0.25) is 0 Å². The van der Waals surface area contributed by atoms with E-state index in [9.17, 15) is 9.59 Å². The number of unbranched alkanes of at least 4 members (excludes halogenated alkanes) is 2. The summed E-state index contributed by atoms with van der Waals surface area (Å²) >= 11 is 0. The highest BCUT2D eigenvalue weighted by Crippen LogP contribution is 2.17. The molecular weight excluding hydrogens is 260 g/mol. The first-order valence-electron chi connectivity index (χ1n) is 6.82. The second kappa shape index (κ2) is 10.2. The monoisotopic (exact) mass is 284 g/mol. The minimum Gasteiger partial charge on any atom is -0.478 e. The minimum absolute atomic E-state index is 0.274. The van der Waals surface area contributed by atoms with E-state index < -0.39 is 11.9 Å². The lowest BCUT2D eigenvalue weighted by Crippen LogP contribution is -1.99. The highest BCUT2D eigenvalue weighted by molar-refractivity contribution is 5.85. The summed E-state index contributed by atoms with van der Waals surface area (Å²) in [6.07, 6.45) is 5.42. The molecule has 1 unspecified atom stereocenters. The van der Waals surface area contributed by atoms with E-state index in [2.05, 4.69) is 20.1 Å². The number of rotatable bonds is 9. The third kappa shape index (κ3) is 10.3. The minimum atomic E-state index is -0.902. The molecule has 5 nitrogen and oxygen atoms in total. The van der Waals surface area contributed by atoms with E-state index in [1.54, 1.807) is 0 Å². The van der Waals surface area contributed by atoms with Crippen molar-refractivity contribution in [3.05, 3.63) is 24.3 Å². The van der Waals surface area contributed by atoms with Crippen molar-refractivity contribution in [3.63, 3.8) is 0 Å². The molecule has 20 heavy (non-hydrogen) atoms. The molecule has 2 N–H and O–H groups in total. The van der Waals surface area contributed by atoms with Gasteiger partial charge in [0.05, 0.1) is 12.7 Å². The Morgan fingerprint density at radius 2 is 1.60 bits per heavy atom. The van der Waals surface area contributed by atoms with Gasteiger partial charge in [0.2, 0.25) is 0 Å². The molecule has 114 valence electrons. The molecule has 5 heteroatoms. The van der Waals surface area contributed by atoms with E-state index in [-0.39, 0.29) is 5.57 Å².